The number of rotatable bonds is 5. The van der Waals surface area contributed by atoms with Gasteiger partial charge in [-0.25, -0.2) is 4.85 Å². The summed E-state index contributed by atoms with van der Waals surface area (Å²) in [5, 5.41) is 0. The van der Waals surface area contributed by atoms with Gasteiger partial charge in [0.15, 0.2) is 5.69 Å². The first-order valence-corrected chi connectivity index (χ1v) is 8.61. The van der Waals surface area contributed by atoms with Crippen molar-refractivity contribution in [3.05, 3.63) is 70.6 Å². The fraction of sp³-hybridized carbons (Fsp3) is 0.381. The molecule has 1 unspecified atom stereocenters. The van der Waals surface area contributed by atoms with E-state index in [9.17, 15) is 0 Å². The quantitative estimate of drug-likeness (QED) is 0.747. The molecule has 0 radical (unpaired) electrons. The fourth-order valence-electron chi connectivity index (χ4n) is 3.27. The molecule has 0 saturated heterocycles. The van der Waals surface area contributed by atoms with Crippen molar-refractivity contribution in [2.24, 2.45) is 0 Å². The molecule has 2 aromatic carbocycles. The maximum absolute atomic E-state index is 6.98. The average molecular weight is 320 g/mol. The van der Waals surface area contributed by atoms with E-state index in [0.717, 1.165) is 30.7 Å². The van der Waals surface area contributed by atoms with Crippen molar-refractivity contribution in [2.45, 2.75) is 38.8 Å². The van der Waals surface area contributed by atoms with Crippen LogP contribution in [0.25, 0.3) is 4.85 Å². The molecule has 0 spiro atoms. The molecule has 0 saturated carbocycles. The van der Waals surface area contributed by atoms with Gasteiger partial charge in [0.1, 0.15) is 12.4 Å². The first kappa shape index (κ1) is 16.5. The van der Waals surface area contributed by atoms with Crippen LogP contribution in [-0.2, 0) is 19.4 Å². The van der Waals surface area contributed by atoms with Crippen molar-refractivity contribution in [1.82, 2.24) is 4.90 Å². The topological polar surface area (TPSA) is 16.8 Å². The third-order valence-electron chi connectivity index (χ3n) is 4.97. The summed E-state index contributed by atoms with van der Waals surface area (Å²) in [4.78, 5) is 5.85. The van der Waals surface area contributed by atoms with Gasteiger partial charge < -0.3 is 9.64 Å². The molecule has 0 bridgehead atoms. The Morgan fingerprint density at radius 2 is 1.96 bits per heavy atom. The van der Waals surface area contributed by atoms with Crippen molar-refractivity contribution in [2.75, 3.05) is 13.6 Å². The van der Waals surface area contributed by atoms with E-state index in [4.69, 9.17) is 11.3 Å². The van der Waals surface area contributed by atoms with Crippen molar-refractivity contribution in [1.29, 1.82) is 0 Å². The largest absolute Gasteiger partial charge is 0.489 e. The molecule has 0 N–H and O–H groups in total. The van der Waals surface area contributed by atoms with Crippen LogP contribution in [0.1, 0.15) is 30.0 Å². The molecule has 3 rings (SSSR count). The van der Waals surface area contributed by atoms with Gasteiger partial charge in [0.05, 0.1) is 6.57 Å². The van der Waals surface area contributed by atoms with E-state index >= 15 is 0 Å². The second-order valence-corrected chi connectivity index (χ2v) is 6.47. The van der Waals surface area contributed by atoms with Crippen LogP contribution >= 0.6 is 0 Å². The molecule has 0 fully saturated rings. The van der Waals surface area contributed by atoms with Crippen LogP contribution < -0.4 is 4.74 Å². The number of aryl methyl sites for hydroxylation is 1. The Morgan fingerprint density at radius 3 is 2.67 bits per heavy atom. The maximum atomic E-state index is 6.98. The van der Waals surface area contributed by atoms with Gasteiger partial charge in [-0.3, -0.25) is 0 Å². The molecule has 1 atom stereocenters. The van der Waals surface area contributed by atoms with Gasteiger partial charge in [-0.1, -0.05) is 37.3 Å². The van der Waals surface area contributed by atoms with Crippen LogP contribution in [0.4, 0.5) is 5.69 Å². The Labute approximate surface area is 144 Å². The zero-order valence-electron chi connectivity index (χ0n) is 14.5. The van der Waals surface area contributed by atoms with Crippen molar-refractivity contribution in [3.8, 4) is 5.75 Å². The zero-order valence-corrected chi connectivity index (χ0v) is 14.5. The molecular formula is C21H24N2O. The minimum atomic E-state index is 0.540. The van der Waals surface area contributed by atoms with Crippen LogP contribution in [0, 0.1) is 6.57 Å². The fourth-order valence-corrected chi connectivity index (χ4v) is 3.27. The smallest absolute Gasteiger partial charge is 0.187 e. The minimum Gasteiger partial charge on any atom is -0.489 e. The van der Waals surface area contributed by atoms with Gasteiger partial charge in [0, 0.05) is 6.04 Å². The Bertz CT molecular complexity index is 730. The first-order chi connectivity index (χ1) is 11.7. The van der Waals surface area contributed by atoms with Gasteiger partial charge in [-0.05, 0) is 61.7 Å². The number of benzene rings is 2. The second kappa shape index (κ2) is 7.51. The van der Waals surface area contributed by atoms with Gasteiger partial charge in [-0.2, -0.15) is 0 Å². The summed E-state index contributed by atoms with van der Waals surface area (Å²) in [7, 11) is 2.21. The summed E-state index contributed by atoms with van der Waals surface area (Å²) in [5.74, 6) is 0.935. The first-order valence-electron chi connectivity index (χ1n) is 8.61. The Kier molecular flexibility index (Phi) is 5.17. The third kappa shape index (κ3) is 3.77. The number of fused-ring (bicyclic) bond motifs is 1. The molecule has 1 aliphatic carbocycles. The van der Waals surface area contributed by atoms with Gasteiger partial charge in [0.2, 0.25) is 0 Å². The van der Waals surface area contributed by atoms with Gasteiger partial charge in [0.25, 0.3) is 0 Å². The molecule has 24 heavy (non-hydrogen) atoms. The molecule has 0 amide bonds. The summed E-state index contributed by atoms with van der Waals surface area (Å²) in [6.07, 6.45) is 3.48. The van der Waals surface area contributed by atoms with Crippen molar-refractivity contribution >= 4 is 5.69 Å². The predicted octanol–water partition coefficient (Wildman–Crippen LogP) is 4.63. The van der Waals surface area contributed by atoms with Crippen LogP contribution in [-0.4, -0.2) is 24.5 Å². The SMILES string of the molecule is [C-]#[N+]c1ccc(COc2ccc3c(c2)CCC(N(C)CC)C3)cc1. The number of likely N-dealkylation sites (N-methyl/N-ethyl adjacent to an activating group) is 1. The lowest BCUT2D eigenvalue weighted by atomic mass is 9.87. The average Bonchev–Trinajstić information content (AvgIpc) is 2.65. The van der Waals surface area contributed by atoms with Gasteiger partial charge in [-0.15, -0.1) is 0 Å². The number of nitrogens with zero attached hydrogens (tertiary/aromatic N) is 2. The molecule has 0 aromatic heterocycles. The Balaban J connectivity index is 1.63. The maximum Gasteiger partial charge on any atom is 0.187 e. The predicted molar refractivity (Wildman–Crippen MR) is 97.6 cm³/mol. The Morgan fingerprint density at radius 1 is 1.17 bits per heavy atom. The molecule has 3 heteroatoms. The third-order valence-corrected chi connectivity index (χ3v) is 4.97. The van der Waals surface area contributed by atoms with Crippen LogP contribution in [0.15, 0.2) is 42.5 Å². The molecule has 1 aliphatic rings. The molecular weight excluding hydrogens is 296 g/mol. The normalized spacial score (nSPS) is 16.5. The van der Waals surface area contributed by atoms with Gasteiger partial charge >= 0.3 is 0 Å². The molecule has 3 nitrogen and oxygen atoms in total. The number of hydrogen-bond acceptors (Lipinski definition) is 2. The number of ether oxygens (including phenoxy) is 1. The van der Waals surface area contributed by atoms with E-state index in [-0.39, 0.29) is 0 Å². The van der Waals surface area contributed by atoms with E-state index < -0.39 is 0 Å². The zero-order chi connectivity index (χ0) is 16.9. The lowest BCUT2D eigenvalue weighted by Gasteiger charge is -2.31. The standard InChI is InChI=1S/C21H24N2O/c1-4-23(3)20-11-7-18-14-21(12-8-17(18)13-20)24-15-16-5-9-19(22-2)10-6-16/h5-6,8-10,12,14,20H,4,7,11,13,15H2,1,3H3. The summed E-state index contributed by atoms with van der Waals surface area (Å²) in [6.45, 7) is 10.8. The highest BCUT2D eigenvalue weighted by Crippen LogP contribution is 2.28. The second-order valence-electron chi connectivity index (χ2n) is 6.47. The lowest BCUT2D eigenvalue weighted by Crippen LogP contribution is -2.36. The van der Waals surface area contributed by atoms with E-state index in [1.165, 1.54) is 17.5 Å². The van der Waals surface area contributed by atoms with Crippen molar-refractivity contribution < 1.29 is 4.74 Å². The highest BCUT2D eigenvalue weighted by atomic mass is 16.5. The minimum absolute atomic E-state index is 0.540. The summed E-state index contributed by atoms with van der Waals surface area (Å²) in [6, 6.07) is 14.8. The highest BCUT2D eigenvalue weighted by molar-refractivity contribution is 5.45. The molecule has 124 valence electrons. The summed E-state index contributed by atoms with van der Waals surface area (Å²) >= 11 is 0. The van der Waals surface area contributed by atoms with Crippen LogP contribution in [0.5, 0.6) is 5.75 Å². The monoisotopic (exact) mass is 320 g/mol. The van der Waals surface area contributed by atoms with Crippen LogP contribution in [0.3, 0.4) is 0 Å². The molecule has 0 heterocycles. The van der Waals surface area contributed by atoms with E-state index in [1.54, 1.807) is 0 Å². The van der Waals surface area contributed by atoms with Crippen molar-refractivity contribution in [3.63, 3.8) is 0 Å². The van der Waals surface area contributed by atoms with E-state index in [2.05, 4.69) is 41.9 Å². The Hall–Kier alpha value is -2.31. The van der Waals surface area contributed by atoms with Crippen LogP contribution in [0.2, 0.25) is 0 Å². The molecule has 2 aromatic rings. The van der Waals surface area contributed by atoms with E-state index in [1.807, 2.05) is 24.3 Å². The highest BCUT2D eigenvalue weighted by Gasteiger charge is 2.21. The molecule has 0 aliphatic heterocycles. The van der Waals surface area contributed by atoms with E-state index in [0.29, 0.717) is 18.3 Å². The summed E-state index contributed by atoms with van der Waals surface area (Å²) in [5.41, 5.74) is 4.64. The summed E-state index contributed by atoms with van der Waals surface area (Å²) < 4.78 is 5.94. The number of hydrogen-bond donors (Lipinski definition) is 0. The lowest BCUT2D eigenvalue weighted by molar-refractivity contribution is 0.232.